The Labute approximate surface area is 163 Å². The van der Waals surface area contributed by atoms with E-state index in [4.69, 9.17) is 9.47 Å². The maximum atomic E-state index is 12.8. The Hall–Kier alpha value is -3.60. The molecule has 5 heteroatoms. The van der Waals surface area contributed by atoms with Gasteiger partial charge >= 0.3 is 5.97 Å². The van der Waals surface area contributed by atoms with Gasteiger partial charge in [0.1, 0.15) is 5.75 Å². The van der Waals surface area contributed by atoms with Crippen molar-refractivity contribution in [3.05, 3.63) is 96.1 Å². The third kappa shape index (κ3) is 5.45. The van der Waals surface area contributed by atoms with E-state index >= 15 is 0 Å². The number of para-hydroxylation sites is 1. The molecule has 0 aliphatic carbocycles. The SMILES string of the molecule is Cc1ccc(NC(=O)[C@@H](OC(=O)COc2ccccc2)c2ccccc2)cc1. The van der Waals surface area contributed by atoms with Crippen molar-refractivity contribution in [2.24, 2.45) is 0 Å². The molecule has 0 bridgehead atoms. The molecule has 0 aromatic heterocycles. The number of rotatable bonds is 7. The Morgan fingerprint density at radius 3 is 2.11 bits per heavy atom. The number of hydrogen-bond acceptors (Lipinski definition) is 4. The lowest BCUT2D eigenvalue weighted by molar-refractivity contribution is -0.156. The minimum atomic E-state index is -1.07. The van der Waals surface area contributed by atoms with E-state index < -0.39 is 18.0 Å². The highest BCUT2D eigenvalue weighted by Crippen LogP contribution is 2.21. The fourth-order valence-electron chi connectivity index (χ4n) is 2.57. The molecule has 1 N–H and O–H groups in total. The van der Waals surface area contributed by atoms with E-state index in [2.05, 4.69) is 5.32 Å². The van der Waals surface area contributed by atoms with E-state index in [1.807, 2.05) is 43.3 Å². The number of hydrogen-bond donors (Lipinski definition) is 1. The smallest absolute Gasteiger partial charge is 0.345 e. The molecule has 0 heterocycles. The van der Waals surface area contributed by atoms with Crippen LogP contribution in [0.4, 0.5) is 5.69 Å². The first-order valence-corrected chi connectivity index (χ1v) is 8.91. The van der Waals surface area contributed by atoms with Gasteiger partial charge in [-0.2, -0.15) is 0 Å². The lowest BCUT2D eigenvalue weighted by Crippen LogP contribution is -2.27. The van der Waals surface area contributed by atoms with Crippen LogP contribution in [0.1, 0.15) is 17.2 Å². The molecule has 0 aliphatic heterocycles. The topological polar surface area (TPSA) is 64.6 Å². The number of carbonyl (C=O) groups is 2. The van der Waals surface area contributed by atoms with Gasteiger partial charge in [-0.3, -0.25) is 4.79 Å². The molecule has 0 spiro atoms. The standard InChI is InChI=1S/C23H21NO4/c1-17-12-14-19(15-13-17)24-23(26)22(18-8-4-2-5-9-18)28-21(25)16-27-20-10-6-3-7-11-20/h2-15,22H,16H2,1H3,(H,24,26)/t22-/m0/s1. The lowest BCUT2D eigenvalue weighted by Gasteiger charge is -2.18. The van der Waals surface area contributed by atoms with Crippen molar-refractivity contribution >= 4 is 17.6 Å². The minimum Gasteiger partial charge on any atom is -0.482 e. The number of ether oxygens (including phenoxy) is 2. The largest absolute Gasteiger partial charge is 0.482 e. The van der Waals surface area contributed by atoms with Crippen LogP contribution in [0.25, 0.3) is 0 Å². The fourth-order valence-corrected chi connectivity index (χ4v) is 2.57. The number of carbonyl (C=O) groups excluding carboxylic acids is 2. The summed E-state index contributed by atoms with van der Waals surface area (Å²) in [6, 6.07) is 25.2. The molecular formula is C23H21NO4. The summed E-state index contributed by atoms with van der Waals surface area (Å²) < 4.78 is 10.8. The Morgan fingerprint density at radius 2 is 1.46 bits per heavy atom. The number of amides is 1. The van der Waals surface area contributed by atoms with Gasteiger partial charge in [-0.05, 0) is 31.2 Å². The van der Waals surface area contributed by atoms with Crippen LogP contribution in [0, 0.1) is 6.92 Å². The maximum Gasteiger partial charge on any atom is 0.345 e. The molecule has 0 saturated carbocycles. The van der Waals surface area contributed by atoms with E-state index in [-0.39, 0.29) is 6.61 Å². The van der Waals surface area contributed by atoms with Crippen molar-refractivity contribution in [2.75, 3.05) is 11.9 Å². The number of anilines is 1. The van der Waals surface area contributed by atoms with Crippen LogP contribution < -0.4 is 10.1 Å². The fraction of sp³-hybridized carbons (Fsp3) is 0.130. The summed E-state index contributed by atoms with van der Waals surface area (Å²) in [7, 11) is 0. The average molecular weight is 375 g/mol. The number of esters is 1. The molecule has 28 heavy (non-hydrogen) atoms. The van der Waals surface area contributed by atoms with Crippen LogP contribution in [-0.2, 0) is 14.3 Å². The normalized spacial score (nSPS) is 11.3. The summed E-state index contributed by atoms with van der Waals surface area (Å²) in [6.45, 7) is 1.68. The third-order valence-corrected chi connectivity index (χ3v) is 4.01. The van der Waals surface area contributed by atoms with E-state index in [1.165, 1.54) is 0 Å². The van der Waals surface area contributed by atoms with Gasteiger partial charge in [-0.1, -0.05) is 66.2 Å². The predicted octanol–water partition coefficient (Wildman–Crippen LogP) is 4.30. The molecule has 3 aromatic rings. The van der Waals surface area contributed by atoms with Gasteiger partial charge in [0.15, 0.2) is 6.61 Å². The Kier molecular flexibility index (Phi) is 6.41. The second kappa shape index (κ2) is 9.37. The van der Waals surface area contributed by atoms with Gasteiger partial charge in [-0.15, -0.1) is 0 Å². The highest BCUT2D eigenvalue weighted by atomic mass is 16.6. The predicted molar refractivity (Wildman–Crippen MR) is 107 cm³/mol. The van der Waals surface area contributed by atoms with Crippen LogP contribution in [0.5, 0.6) is 5.75 Å². The number of aryl methyl sites for hydroxylation is 1. The molecule has 1 atom stereocenters. The van der Waals surface area contributed by atoms with Gasteiger partial charge < -0.3 is 14.8 Å². The molecule has 1 amide bonds. The molecule has 5 nitrogen and oxygen atoms in total. The van der Waals surface area contributed by atoms with Crippen molar-refractivity contribution in [3.63, 3.8) is 0 Å². The van der Waals surface area contributed by atoms with E-state index in [0.29, 0.717) is 17.0 Å². The summed E-state index contributed by atoms with van der Waals surface area (Å²) in [5.74, 6) is -0.500. The Bertz CT molecular complexity index is 908. The minimum absolute atomic E-state index is 0.287. The highest BCUT2D eigenvalue weighted by molar-refractivity contribution is 5.96. The van der Waals surface area contributed by atoms with Crippen molar-refractivity contribution in [1.29, 1.82) is 0 Å². The highest BCUT2D eigenvalue weighted by Gasteiger charge is 2.25. The maximum absolute atomic E-state index is 12.8. The molecular weight excluding hydrogens is 354 g/mol. The molecule has 142 valence electrons. The van der Waals surface area contributed by atoms with E-state index in [0.717, 1.165) is 5.56 Å². The summed E-state index contributed by atoms with van der Waals surface area (Å²) in [4.78, 5) is 25.1. The molecule has 0 radical (unpaired) electrons. The average Bonchev–Trinajstić information content (AvgIpc) is 2.73. The monoisotopic (exact) mass is 375 g/mol. The van der Waals surface area contributed by atoms with Gasteiger partial charge in [-0.25, -0.2) is 4.79 Å². The quantitative estimate of drug-likeness (QED) is 0.626. The van der Waals surface area contributed by atoms with Gasteiger partial charge in [0, 0.05) is 11.3 Å². The molecule has 0 aliphatic rings. The van der Waals surface area contributed by atoms with Gasteiger partial charge in [0.05, 0.1) is 0 Å². The second-order valence-electron chi connectivity index (χ2n) is 6.24. The second-order valence-corrected chi connectivity index (χ2v) is 6.24. The van der Waals surface area contributed by atoms with Gasteiger partial charge in [0.25, 0.3) is 5.91 Å². The summed E-state index contributed by atoms with van der Waals surface area (Å²) in [5, 5.41) is 2.79. The zero-order valence-corrected chi connectivity index (χ0v) is 15.5. The summed E-state index contributed by atoms with van der Waals surface area (Å²) in [6.07, 6.45) is -1.07. The molecule has 3 rings (SSSR count). The Morgan fingerprint density at radius 1 is 0.857 bits per heavy atom. The van der Waals surface area contributed by atoms with Crippen LogP contribution in [0.3, 0.4) is 0 Å². The zero-order valence-electron chi connectivity index (χ0n) is 15.5. The van der Waals surface area contributed by atoms with Crippen molar-refractivity contribution in [1.82, 2.24) is 0 Å². The number of nitrogens with one attached hydrogen (secondary N) is 1. The first-order valence-electron chi connectivity index (χ1n) is 8.91. The van der Waals surface area contributed by atoms with Crippen LogP contribution in [0.15, 0.2) is 84.9 Å². The van der Waals surface area contributed by atoms with Crippen molar-refractivity contribution in [3.8, 4) is 5.75 Å². The summed E-state index contributed by atoms with van der Waals surface area (Å²) >= 11 is 0. The van der Waals surface area contributed by atoms with E-state index in [9.17, 15) is 9.59 Å². The zero-order chi connectivity index (χ0) is 19.8. The van der Waals surface area contributed by atoms with Gasteiger partial charge in [0.2, 0.25) is 6.10 Å². The third-order valence-electron chi connectivity index (χ3n) is 4.01. The Balaban J connectivity index is 1.69. The lowest BCUT2D eigenvalue weighted by atomic mass is 10.1. The summed E-state index contributed by atoms with van der Waals surface area (Å²) in [5.41, 5.74) is 2.30. The van der Waals surface area contributed by atoms with Crippen molar-refractivity contribution < 1.29 is 19.1 Å². The van der Waals surface area contributed by atoms with Crippen LogP contribution in [0.2, 0.25) is 0 Å². The number of benzene rings is 3. The molecule has 0 unspecified atom stereocenters. The van der Waals surface area contributed by atoms with Crippen LogP contribution in [-0.4, -0.2) is 18.5 Å². The first-order chi connectivity index (χ1) is 13.6. The van der Waals surface area contributed by atoms with Crippen LogP contribution >= 0.6 is 0 Å². The molecule has 0 saturated heterocycles. The molecule has 3 aromatic carbocycles. The molecule has 0 fully saturated rings. The first kappa shape index (κ1) is 19.2. The van der Waals surface area contributed by atoms with Crippen molar-refractivity contribution in [2.45, 2.75) is 13.0 Å². The van der Waals surface area contributed by atoms with E-state index in [1.54, 1.807) is 48.5 Å².